The number of H-pyrrole nitrogens is 1. The lowest BCUT2D eigenvalue weighted by atomic mass is 10.1. The Morgan fingerprint density at radius 3 is 2.59 bits per heavy atom. The van der Waals surface area contributed by atoms with Gasteiger partial charge >= 0.3 is 0 Å². The van der Waals surface area contributed by atoms with E-state index in [1.807, 2.05) is 0 Å². The summed E-state index contributed by atoms with van der Waals surface area (Å²) in [4.78, 5) is 17.8. The molecule has 2 aromatic rings. The second-order valence-corrected chi connectivity index (χ2v) is 3.88. The van der Waals surface area contributed by atoms with Crippen molar-refractivity contribution in [2.75, 3.05) is 0 Å². The molecule has 0 unspecified atom stereocenters. The fourth-order valence-electron chi connectivity index (χ4n) is 1.53. The predicted octanol–water partition coefficient (Wildman–Crippen LogP) is 1.90. The van der Waals surface area contributed by atoms with Gasteiger partial charge in [-0.05, 0) is 37.6 Å². The molecular weight excluding hydrogens is 223 g/mol. The number of aryl methyl sites for hydroxylation is 1. The molecule has 1 aromatic carbocycles. The summed E-state index contributed by atoms with van der Waals surface area (Å²) in [6.45, 7) is 3.19. The zero-order valence-electron chi connectivity index (χ0n) is 9.41. The normalized spacial score (nSPS) is 10.5. The van der Waals surface area contributed by atoms with Gasteiger partial charge in [0.2, 0.25) is 5.88 Å². The minimum absolute atomic E-state index is 0.141. The van der Waals surface area contributed by atoms with Crippen LogP contribution in [0.2, 0.25) is 0 Å². The first-order valence-corrected chi connectivity index (χ1v) is 5.05. The van der Waals surface area contributed by atoms with Crippen LogP contribution in [0.5, 0.6) is 5.88 Å². The van der Waals surface area contributed by atoms with E-state index in [2.05, 4.69) is 9.97 Å². The quantitative estimate of drug-likeness (QED) is 0.792. The van der Waals surface area contributed by atoms with Crippen molar-refractivity contribution in [3.05, 3.63) is 45.5 Å². The van der Waals surface area contributed by atoms with Gasteiger partial charge in [-0.2, -0.15) is 4.98 Å². The molecule has 0 bridgehead atoms. The molecule has 0 aliphatic rings. The van der Waals surface area contributed by atoms with Crippen LogP contribution in [0.25, 0.3) is 11.4 Å². The zero-order valence-corrected chi connectivity index (χ0v) is 9.41. The summed E-state index contributed by atoms with van der Waals surface area (Å²) in [6.07, 6.45) is 0. The second kappa shape index (κ2) is 4.01. The fraction of sp³-hybridized carbons (Fsp3) is 0.167. The average molecular weight is 234 g/mol. The summed E-state index contributed by atoms with van der Waals surface area (Å²) in [5.74, 6) is -0.603. The number of aromatic nitrogens is 2. The number of nitrogens with zero attached hydrogens (tertiary/aromatic N) is 1. The van der Waals surface area contributed by atoms with Crippen LogP contribution in [0.3, 0.4) is 0 Å². The van der Waals surface area contributed by atoms with Crippen LogP contribution in [0.4, 0.5) is 4.39 Å². The van der Waals surface area contributed by atoms with E-state index in [0.29, 0.717) is 11.1 Å². The number of halogens is 1. The summed E-state index contributed by atoms with van der Waals surface area (Å²) >= 11 is 0. The largest absolute Gasteiger partial charge is 0.493 e. The summed E-state index contributed by atoms with van der Waals surface area (Å²) in [6, 6.07) is 4.30. The summed E-state index contributed by atoms with van der Waals surface area (Å²) < 4.78 is 13.2. The lowest BCUT2D eigenvalue weighted by Crippen LogP contribution is -2.12. The molecule has 0 atom stereocenters. The highest BCUT2D eigenvalue weighted by Gasteiger charge is 2.09. The molecule has 0 saturated carbocycles. The topological polar surface area (TPSA) is 66.0 Å². The van der Waals surface area contributed by atoms with Crippen molar-refractivity contribution in [1.29, 1.82) is 0 Å². The Labute approximate surface area is 96.8 Å². The fourth-order valence-corrected chi connectivity index (χ4v) is 1.53. The van der Waals surface area contributed by atoms with E-state index in [1.54, 1.807) is 13.0 Å². The van der Waals surface area contributed by atoms with Crippen LogP contribution in [-0.2, 0) is 0 Å². The Hall–Kier alpha value is -2.17. The van der Waals surface area contributed by atoms with E-state index in [1.165, 1.54) is 19.1 Å². The molecule has 1 heterocycles. The van der Waals surface area contributed by atoms with Crippen molar-refractivity contribution in [3.63, 3.8) is 0 Å². The summed E-state index contributed by atoms with van der Waals surface area (Å²) in [5.41, 5.74) is 0.842. The van der Waals surface area contributed by atoms with Gasteiger partial charge in [0.15, 0.2) is 0 Å². The van der Waals surface area contributed by atoms with E-state index >= 15 is 0 Å². The number of hydrogen-bond acceptors (Lipinski definition) is 3. The first kappa shape index (κ1) is 11.3. The van der Waals surface area contributed by atoms with E-state index < -0.39 is 11.4 Å². The molecule has 2 rings (SSSR count). The smallest absolute Gasteiger partial charge is 0.257 e. The van der Waals surface area contributed by atoms with E-state index in [-0.39, 0.29) is 17.3 Å². The van der Waals surface area contributed by atoms with Crippen molar-refractivity contribution < 1.29 is 9.50 Å². The van der Waals surface area contributed by atoms with Gasteiger partial charge in [0.25, 0.3) is 5.56 Å². The number of rotatable bonds is 1. The first-order valence-electron chi connectivity index (χ1n) is 5.05. The van der Waals surface area contributed by atoms with E-state index in [4.69, 9.17) is 0 Å². The Morgan fingerprint density at radius 2 is 2.00 bits per heavy atom. The highest BCUT2D eigenvalue weighted by molar-refractivity contribution is 5.56. The molecule has 0 amide bonds. The van der Waals surface area contributed by atoms with Crippen molar-refractivity contribution >= 4 is 0 Å². The molecule has 5 heteroatoms. The van der Waals surface area contributed by atoms with Crippen LogP contribution in [0, 0.1) is 19.7 Å². The molecule has 17 heavy (non-hydrogen) atoms. The lowest BCUT2D eigenvalue weighted by Gasteiger charge is -2.04. The van der Waals surface area contributed by atoms with Gasteiger partial charge in [0, 0.05) is 5.56 Å². The molecule has 0 aliphatic heterocycles. The maximum absolute atomic E-state index is 13.2. The van der Waals surface area contributed by atoms with Crippen LogP contribution >= 0.6 is 0 Å². The van der Waals surface area contributed by atoms with Crippen LogP contribution < -0.4 is 5.56 Å². The molecule has 2 N–H and O–H groups in total. The van der Waals surface area contributed by atoms with E-state index in [0.717, 1.165) is 0 Å². The zero-order chi connectivity index (χ0) is 12.6. The summed E-state index contributed by atoms with van der Waals surface area (Å²) in [7, 11) is 0. The number of aromatic amines is 1. The Kier molecular flexibility index (Phi) is 2.67. The molecule has 0 fully saturated rings. The number of benzene rings is 1. The Bertz CT molecular complexity index is 615. The van der Waals surface area contributed by atoms with Crippen molar-refractivity contribution in [3.8, 4) is 17.3 Å². The Morgan fingerprint density at radius 1 is 1.29 bits per heavy atom. The molecule has 4 nitrogen and oxygen atoms in total. The maximum atomic E-state index is 13.2. The number of hydrogen-bond donors (Lipinski definition) is 2. The van der Waals surface area contributed by atoms with Crippen molar-refractivity contribution in [1.82, 2.24) is 9.97 Å². The van der Waals surface area contributed by atoms with Crippen LogP contribution in [0.1, 0.15) is 11.1 Å². The second-order valence-electron chi connectivity index (χ2n) is 3.88. The average Bonchev–Trinajstić information content (AvgIpc) is 2.23. The first-order chi connectivity index (χ1) is 7.97. The maximum Gasteiger partial charge on any atom is 0.257 e. The van der Waals surface area contributed by atoms with Gasteiger partial charge < -0.3 is 10.1 Å². The molecule has 0 aliphatic carbocycles. The van der Waals surface area contributed by atoms with Gasteiger partial charge in [-0.25, -0.2) is 4.39 Å². The van der Waals surface area contributed by atoms with Crippen molar-refractivity contribution in [2.45, 2.75) is 13.8 Å². The van der Waals surface area contributed by atoms with Gasteiger partial charge in [-0.3, -0.25) is 4.79 Å². The van der Waals surface area contributed by atoms with Crippen LogP contribution in [-0.4, -0.2) is 15.1 Å². The number of aromatic hydroxyl groups is 1. The molecular formula is C12H11FN2O2. The predicted molar refractivity (Wildman–Crippen MR) is 61.4 cm³/mol. The monoisotopic (exact) mass is 234 g/mol. The van der Waals surface area contributed by atoms with Gasteiger partial charge in [-0.1, -0.05) is 0 Å². The Balaban J connectivity index is 2.65. The van der Waals surface area contributed by atoms with Gasteiger partial charge in [0.1, 0.15) is 11.6 Å². The van der Waals surface area contributed by atoms with Crippen LogP contribution in [0.15, 0.2) is 23.0 Å². The lowest BCUT2D eigenvalue weighted by molar-refractivity contribution is 0.447. The van der Waals surface area contributed by atoms with Crippen molar-refractivity contribution in [2.24, 2.45) is 0 Å². The van der Waals surface area contributed by atoms with E-state index in [9.17, 15) is 14.3 Å². The summed E-state index contributed by atoms with van der Waals surface area (Å²) in [5, 5.41) is 9.46. The van der Waals surface area contributed by atoms with Gasteiger partial charge in [-0.15, -0.1) is 0 Å². The minimum Gasteiger partial charge on any atom is -0.493 e. The highest BCUT2D eigenvalue weighted by atomic mass is 19.1. The third-order valence-electron chi connectivity index (χ3n) is 2.44. The SMILES string of the molecule is Cc1cc(F)cc(-c2nc(O)c(C)c(=O)[nH]2)c1. The standard InChI is InChI=1S/C12H11FN2O2/c1-6-3-8(5-9(13)4-6)10-14-11(16)7(2)12(17)15-10/h3-5H,1-2H3,(H2,14,15,16,17). The van der Waals surface area contributed by atoms with Gasteiger partial charge in [0.05, 0.1) is 5.56 Å². The third kappa shape index (κ3) is 2.18. The highest BCUT2D eigenvalue weighted by Crippen LogP contribution is 2.19. The molecule has 0 saturated heterocycles. The molecule has 1 aromatic heterocycles. The molecule has 0 radical (unpaired) electrons. The third-order valence-corrected chi connectivity index (χ3v) is 2.44. The minimum atomic E-state index is -0.436. The molecule has 88 valence electrons. The number of nitrogens with one attached hydrogen (secondary N) is 1. The molecule has 0 spiro atoms.